The average molecular weight is 280 g/mol. The highest BCUT2D eigenvalue weighted by Crippen LogP contribution is 2.23. The Labute approximate surface area is 119 Å². The maximum absolute atomic E-state index is 6.13. The molecule has 2 atom stereocenters. The number of nitrogens with one attached hydrogen (secondary N) is 1. The van der Waals surface area contributed by atoms with Crippen molar-refractivity contribution in [1.29, 1.82) is 0 Å². The van der Waals surface area contributed by atoms with Crippen LogP contribution < -0.4 is 5.32 Å². The van der Waals surface area contributed by atoms with Gasteiger partial charge in [-0.05, 0) is 44.2 Å². The Balaban J connectivity index is 1.35. The molecule has 1 aromatic rings. The summed E-state index contributed by atoms with van der Waals surface area (Å²) in [6, 6.07) is 5.13. The Bertz CT molecular complexity index is 378. The van der Waals surface area contributed by atoms with Crippen molar-refractivity contribution in [3.05, 3.63) is 22.4 Å². The van der Waals surface area contributed by atoms with Crippen LogP contribution in [0.5, 0.6) is 0 Å². The molecule has 0 spiro atoms. The minimum atomic E-state index is 0.427. The van der Waals surface area contributed by atoms with E-state index in [-0.39, 0.29) is 0 Å². The molecule has 2 aliphatic rings. The van der Waals surface area contributed by atoms with Crippen molar-refractivity contribution in [2.45, 2.75) is 50.5 Å². The van der Waals surface area contributed by atoms with Gasteiger partial charge in [-0.2, -0.15) is 0 Å². The first-order chi connectivity index (χ1) is 9.29. The molecular weight excluding hydrogens is 256 g/mol. The number of hydrogen-bond donors (Lipinski definition) is 1. The quantitative estimate of drug-likeness (QED) is 0.830. The van der Waals surface area contributed by atoms with Gasteiger partial charge in [0.2, 0.25) is 0 Å². The second-order valence-corrected chi connectivity index (χ2v) is 6.95. The smallest absolute Gasteiger partial charge is 0.0707 e. The Kier molecular flexibility index (Phi) is 4.53. The summed E-state index contributed by atoms with van der Waals surface area (Å²) in [5.41, 5.74) is 0. The fraction of sp³-hybridized carbons (Fsp3) is 0.733. The van der Waals surface area contributed by atoms with E-state index in [9.17, 15) is 0 Å². The molecule has 2 fully saturated rings. The fourth-order valence-electron chi connectivity index (χ4n) is 2.73. The van der Waals surface area contributed by atoms with E-state index < -0.39 is 0 Å². The summed E-state index contributed by atoms with van der Waals surface area (Å²) >= 11 is 1.84. The average Bonchev–Trinajstić information content (AvgIpc) is 2.88. The fourth-order valence-corrected chi connectivity index (χ4v) is 3.51. The van der Waals surface area contributed by atoms with E-state index in [1.54, 1.807) is 0 Å². The van der Waals surface area contributed by atoms with Gasteiger partial charge in [0.05, 0.1) is 12.2 Å². The molecule has 0 amide bonds. The van der Waals surface area contributed by atoms with Crippen molar-refractivity contribution < 1.29 is 4.74 Å². The van der Waals surface area contributed by atoms with E-state index in [0.717, 1.165) is 25.7 Å². The van der Waals surface area contributed by atoms with Crippen molar-refractivity contribution >= 4 is 11.3 Å². The highest BCUT2D eigenvalue weighted by atomic mass is 32.1. The van der Waals surface area contributed by atoms with Crippen molar-refractivity contribution in [1.82, 2.24) is 10.2 Å². The van der Waals surface area contributed by atoms with Gasteiger partial charge in [-0.3, -0.25) is 4.90 Å². The van der Waals surface area contributed by atoms with Crippen LogP contribution >= 0.6 is 11.3 Å². The molecule has 1 aromatic heterocycles. The maximum Gasteiger partial charge on any atom is 0.0707 e. The third-order valence-corrected chi connectivity index (χ3v) is 4.79. The molecule has 1 saturated heterocycles. The van der Waals surface area contributed by atoms with Crippen LogP contribution in [0.15, 0.2) is 17.5 Å². The van der Waals surface area contributed by atoms with E-state index in [0.29, 0.717) is 12.2 Å². The summed E-state index contributed by atoms with van der Waals surface area (Å²) in [6.07, 6.45) is 6.03. The van der Waals surface area contributed by atoms with Crippen LogP contribution in [0.4, 0.5) is 0 Å². The highest BCUT2D eigenvalue weighted by Gasteiger charge is 2.28. The van der Waals surface area contributed by atoms with Gasteiger partial charge in [0, 0.05) is 30.6 Å². The lowest BCUT2D eigenvalue weighted by Crippen LogP contribution is -2.32. The van der Waals surface area contributed by atoms with Crippen LogP contribution in [0.2, 0.25) is 0 Å². The third-order valence-electron chi connectivity index (χ3n) is 3.93. The summed E-state index contributed by atoms with van der Waals surface area (Å²) in [5.74, 6) is 0. The van der Waals surface area contributed by atoms with Crippen molar-refractivity contribution in [3.8, 4) is 0 Å². The standard InChI is InChI=1S/C15H24N2OS/c1-17(11-15-3-2-8-19-15)10-14-7-6-13(18-14)9-16-12-4-5-12/h2-3,8,12-14,16H,4-7,9-11H2,1H3. The Morgan fingerprint density at radius 3 is 2.89 bits per heavy atom. The van der Waals surface area contributed by atoms with Gasteiger partial charge < -0.3 is 10.1 Å². The summed E-state index contributed by atoms with van der Waals surface area (Å²) in [7, 11) is 2.19. The first-order valence-corrected chi connectivity index (χ1v) is 8.27. The van der Waals surface area contributed by atoms with E-state index >= 15 is 0 Å². The first kappa shape index (κ1) is 13.6. The molecule has 3 rings (SSSR count). The van der Waals surface area contributed by atoms with Crippen molar-refractivity contribution in [2.75, 3.05) is 20.1 Å². The molecule has 3 nitrogen and oxygen atoms in total. The number of rotatable bonds is 7. The lowest BCUT2D eigenvalue weighted by atomic mass is 10.2. The Morgan fingerprint density at radius 1 is 1.32 bits per heavy atom. The summed E-state index contributed by atoms with van der Waals surface area (Å²) in [4.78, 5) is 3.82. The zero-order valence-corrected chi connectivity index (χ0v) is 12.5. The van der Waals surface area contributed by atoms with Gasteiger partial charge in [0.1, 0.15) is 0 Å². The molecule has 106 valence electrons. The first-order valence-electron chi connectivity index (χ1n) is 7.39. The van der Waals surface area contributed by atoms with Crippen LogP contribution in [-0.2, 0) is 11.3 Å². The molecule has 1 saturated carbocycles. The number of ether oxygens (including phenoxy) is 1. The largest absolute Gasteiger partial charge is 0.372 e. The Morgan fingerprint density at radius 2 is 2.16 bits per heavy atom. The van der Waals surface area contributed by atoms with E-state index in [1.165, 1.54) is 30.6 Å². The van der Waals surface area contributed by atoms with Gasteiger partial charge in [0.25, 0.3) is 0 Å². The lowest BCUT2D eigenvalue weighted by Gasteiger charge is -2.21. The second-order valence-electron chi connectivity index (χ2n) is 5.92. The van der Waals surface area contributed by atoms with Gasteiger partial charge >= 0.3 is 0 Å². The number of thiophene rings is 1. The lowest BCUT2D eigenvalue weighted by molar-refractivity contribution is 0.0267. The number of likely N-dealkylation sites (N-methyl/N-ethyl adjacent to an activating group) is 1. The van der Waals surface area contributed by atoms with Gasteiger partial charge in [-0.15, -0.1) is 11.3 Å². The van der Waals surface area contributed by atoms with E-state index in [1.807, 2.05) is 11.3 Å². The van der Waals surface area contributed by atoms with Gasteiger partial charge in [-0.1, -0.05) is 6.07 Å². The molecule has 19 heavy (non-hydrogen) atoms. The zero-order chi connectivity index (χ0) is 13.1. The van der Waals surface area contributed by atoms with E-state index in [4.69, 9.17) is 4.74 Å². The van der Waals surface area contributed by atoms with Crippen molar-refractivity contribution in [2.24, 2.45) is 0 Å². The van der Waals surface area contributed by atoms with Crippen LogP contribution in [0.3, 0.4) is 0 Å². The predicted octanol–water partition coefficient (Wildman–Crippen LogP) is 2.48. The third kappa shape index (κ3) is 4.28. The summed E-state index contributed by atoms with van der Waals surface area (Å²) in [5, 5.41) is 5.72. The van der Waals surface area contributed by atoms with Gasteiger partial charge in [0.15, 0.2) is 0 Å². The minimum absolute atomic E-state index is 0.427. The van der Waals surface area contributed by atoms with E-state index in [2.05, 4.69) is 34.8 Å². The summed E-state index contributed by atoms with van der Waals surface area (Å²) in [6.45, 7) is 3.15. The molecule has 4 heteroatoms. The highest BCUT2D eigenvalue weighted by molar-refractivity contribution is 7.09. The Hall–Kier alpha value is -0.420. The molecule has 1 aliphatic carbocycles. The summed E-state index contributed by atoms with van der Waals surface area (Å²) < 4.78 is 6.13. The van der Waals surface area contributed by atoms with Crippen LogP contribution in [0.25, 0.3) is 0 Å². The second kappa shape index (κ2) is 6.35. The van der Waals surface area contributed by atoms with Crippen LogP contribution in [0, 0.1) is 0 Å². The molecule has 0 radical (unpaired) electrons. The molecule has 1 N–H and O–H groups in total. The number of nitrogens with zero attached hydrogens (tertiary/aromatic N) is 1. The van der Waals surface area contributed by atoms with Crippen molar-refractivity contribution in [3.63, 3.8) is 0 Å². The molecule has 1 aliphatic heterocycles. The zero-order valence-electron chi connectivity index (χ0n) is 11.7. The van der Waals surface area contributed by atoms with Crippen LogP contribution in [0.1, 0.15) is 30.6 Å². The maximum atomic E-state index is 6.13. The predicted molar refractivity (Wildman–Crippen MR) is 79.6 cm³/mol. The normalized spacial score (nSPS) is 27.3. The SMILES string of the molecule is CN(Cc1cccs1)CC1CCC(CNC2CC2)O1. The minimum Gasteiger partial charge on any atom is -0.372 e. The molecule has 2 unspecified atom stereocenters. The topological polar surface area (TPSA) is 24.5 Å². The molecule has 0 aromatic carbocycles. The van der Waals surface area contributed by atoms with Gasteiger partial charge in [-0.25, -0.2) is 0 Å². The number of hydrogen-bond acceptors (Lipinski definition) is 4. The molecule has 0 bridgehead atoms. The monoisotopic (exact) mass is 280 g/mol. The molecule has 2 heterocycles. The van der Waals surface area contributed by atoms with Crippen LogP contribution in [-0.4, -0.2) is 43.3 Å². The molecular formula is C15H24N2OS.